The Hall–Kier alpha value is -2.18. The molecule has 2 aliphatic carbocycles. The van der Waals surface area contributed by atoms with Gasteiger partial charge in [-0.1, -0.05) is 24.1 Å². The Morgan fingerprint density at radius 1 is 1.09 bits per heavy atom. The molecule has 0 aliphatic heterocycles. The zero-order valence-corrected chi connectivity index (χ0v) is 22.0. The SMILES string of the molecule is Cc1ccc(-c2nc(COC3CCCC(COC4(C(=O)OC(C)(C)C)CCCC4)C3)c(C)o2)cc1. The Morgan fingerprint density at radius 3 is 2.49 bits per heavy atom. The van der Waals surface area contributed by atoms with Gasteiger partial charge >= 0.3 is 5.97 Å². The molecule has 2 atom stereocenters. The number of aromatic nitrogens is 1. The zero-order valence-electron chi connectivity index (χ0n) is 22.0. The van der Waals surface area contributed by atoms with Crippen molar-refractivity contribution in [1.82, 2.24) is 4.98 Å². The van der Waals surface area contributed by atoms with Gasteiger partial charge in [0.25, 0.3) is 0 Å². The molecule has 0 amide bonds. The first-order chi connectivity index (χ1) is 16.6. The number of rotatable bonds is 8. The van der Waals surface area contributed by atoms with Gasteiger partial charge in [-0.05, 0) is 97.6 Å². The molecule has 2 saturated carbocycles. The lowest BCUT2D eigenvalue weighted by Crippen LogP contribution is -2.45. The highest BCUT2D eigenvalue weighted by atomic mass is 16.6. The first-order valence-corrected chi connectivity index (χ1v) is 13.2. The predicted octanol–water partition coefficient (Wildman–Crippen LogP) is 6.70. The number of aryl methyl sites for hydroxylation is 2. The lowest BCUT2D eigenvalue weighted by atomic mass is 9.87. The van der Waals surface area contributed by atoms with E-state index in [0.717, 1.165) is 68.4 Å². The summed E-state index contributed by atoms with van der Waals surface area (Å²) in [5.41, 5.74) is 1.77. The van der Waals surface area contributed by atoms with Gasteiger partial charge in [-0.25, -0.2) is 9.78 Å². The minimum atomic E-state index is -0.773. The van der Waals surface area contributed by atoms with Crippen molar-refractivity contribution in [3.63, 3.8) is 0 Å². The molecule has 192 valence electrons. The van der Waals surface area contributed by atoms with E-state index in [-0.39, 0.29) is 12.1 Å². The molecular formula is C29H41NO5. The molecule has 6 nitrogen and oxygen atoms in total. The molecule has 1 aromatic carbocycles. The Balaban J connectivity index is 1.30. The van der Waals surface area contributed by atoms with Crippen LogP contribution in [0.2, 0.25) is 0 Å². The second-order valence-corrected chi connectivity index (χ2v) is 11.4. The summed E-state index contributed by atoms with van der Waals surface area (Å²) >= 11 is 0. The Morgan fingerprint density at radius 2 is 1.80 bits per heavy atom. The summed E-state index contributed by atoms with van der Waals surface area (Å²) in [4.78, 5) is 17.6. The number of benzene rings is 1. The van der Waals surface area contributed by atoms with Crippen molar-refractivity contribution in [3.8, 4) is 11.5 Å². The van der Waals surface area contributed by atoms with Gasteiger partial charge in [-0.3, -0.25) is 0 Å². The first-order valence-electron chi connectivity index (χ1n) is 13.2. The molecule has 6 heteroatoms. The third-order valence-corrected chi connectivity index (χ3v) is 7.16. The van der Waals surface area contributed by atoms with Gasteiger partial charge in [0, 0.05) is 5.56 Å². The number of ether oxygens (including phenoxy) is 3. The smallest absolute Gasteiger partial charge is 0.338 e. The van der Waals surface area contributed by atoms with Crippen molar-refractivity contribution in [2.75, 3.05) is 6.61 Å². The van der Waals surface area contributed by atoms with E-state index < -0.39 is 11.2 Å². The van der Waals surface area contributed by atoms with E-state index in [4.69, 9.17) is 23.6 Å². The van der Waals surface area contributed by atoms with Crippen LogP contribution in [0.3, 0.4) is 0 Å². The van der Waals surface area contributed by atoms with Gasteiger partial charge in [-0.15, -0.1) is 0 Å². The minimum absolute atomic E-state index is 0.164. The third kappa shape index (κ3) is 6.73. The van der Waals surface area contributed by atoms with Crippen molar-refractivity contribution in [2.45, 2.75) is 110 Å². The topological polar surface area (TPSA) is 70.8 Å². The van der Waals surface area contributed by atoms with E-state index in [1.807, 2.05) is 39.8 Å². The highest BCUT2D eigenvalue weighted by Crippen LogP contribution is 2.37. The van der Waals surface area contributed by atoms with Crippen LogP contribution in [0.15, 0.2) is 28.7 Å². The van der Waals surface area contributed by atoms with E-state index in [2.05, 4.69) is 19.1 Å². The molecule has 2 aliphatic rings. The largest absolute Gasteiger partial charge is 0.458 e. The second kappa shape index (κ2) is 10.8. The lowest BCUT2D eigenvalue weighted by Gasteiger charge is -2.34. The van der Waals surface area contributed by atoms with Crippen molar-refractivity contribution in [2.24, 2.45) is 5.92 Å². The van der Waals surface area contributed by atoms with Gasteiger partial charge in [0.05, 0.1) is 19.3 Å². The fourth-order valence-corrected chi connectivity index (χ4v) is 5.12. The number of oxazole rings is 1. The number of esters is 1. The van der Waals surface area contributed by atoms with E-state index >= 15 is 0 Å². The maximum absolute atomic E-state index is 12.9. The maximum Gasteiger partial charge on any atom is 0.338 e. The van der Waals surface area contributed by atoms with Crippen LogP contribution in [0.25, 0.3) is 11.5 Å². The molecule has 0 spiro atoms. The molecule has 0 bridgehead atoms. The molecule has 1 aromatic heterocycles. The van der Waals surface area contributed by atoms with Crippen LogP contribution >= 0.6 is 0 Å². The van der Waals surface area contributed by atoms with Crippen LogP contribution in [0.4, 0.5) is 0 Å². The third-order valence-electron chi connectivity index (χ3n) is 7.16. The van der Waals surface area contributed by atoms with Gasteiger partial charge in [0.1, 0.15) is 17.1 Å². The van der Waals surface area contributed by atoms with Crippen molar-refractivity contribution >= 4 is 5.97 Å². The Labute approximate surface area is 209 Å². The van der Waals surface area contributed by atoms with Gasteiger partial charge < -0.3 is 18.6 Å². The van der Waals surface area contributed by atoms with Crippen LogP contribution in [0.1, 0.15) is 89.2 Å². The summed E-state index contributed by atoms with van der Waals surface area (Å²) in [5.74, 6) is 1.63. The quantitative estimate of drug-likeness (QED) is 0.389. The molecule has 0 saturated heterocycles. The number of nitrogens with zero attached hydrogens (tertiary/aromatic N) is 1. The van der Waals surface area contributed by atoms with E-state index in [9.17, 15) is 4.79 Å². The monoisotopic (exact) mass is 483 g/mol. The summed E-state index contributed by atoms with van der Waals surface area (Å²) in [5, 5.41) is 0. The molecule has 35 heavy (non-hydrogen) atoms. The Kier molecular flexibility index (Phi) is 8.02. The van der Waals surface area contributed by atoms with Crippen LogP contribution in [-0.4, -0.2) is 34.9 Å². The van der Waals surface area contributed by atoms with E-state index in [1.165, 1.54) is 5.56 Å². The number of carbonyl (C=O) groups is 1. The highest BCUT2D eigenvalue weighted by molar-refractivity contribution is 5.80. The molecule has 0 radical (unpaired) electrons. The van der Waals surface area contributed by atoms with E-state index in [1.54, 1.807) is 0 Å². The van der Waals surface area contributed by atoms with Crippen molar-refractivity contribution in [1.29, 1.82) is 0 Å². The minimum Gasteiger partial charge on any atom is -0.458 e. The maximum atomic E-state index is 12.9. The first kappa shape index (κ1) is 25.9. The summed E-state index contributed by atoms with van der Waals surface area (Å²) in [6.45, 7) is 10.8. The molecule has 4 rings (SSSR count). The van der Waals surface area contributed by atoms with Gasteiger partial charge in [0.15, 0.2) is 5.60 Å². The number of hydrogen-bond acceptors (Lipinski definition) is 6. The molecular weight excluding hydrogens is 442 g/mol. The number of hydrogen-bond donors (Lipinski definition) is 0. The van der Waals surface area contributed by atoms with E-state index in [0.29, 0.717) is 25.0 Å². The molecule has 1 heterocycles. The van der Waals surface area contributed by atoms with Gasteiger partial charge in [0.2, 0.25) is 5.89 Å². The second-order valence-electron chi connectivity index (χ2n) is 11.4. The molecule has 2 unspecified atom stereocenters. The molecule has 2 aromatic rings. The van der Waals surface area contributed by atoms with Crippen LogP contribution in [0, 0.1) is 19.8 Å². The van der Waals surface area contributed by atoms with Crippen LogP contribution in [0.5, 0.6) is 0 Å². The average Bonchev–Trinajstić information content (AvgIpc) is 3.44. The highest BCUT2D eigenvalue weighted by Gasteiger charge is 2.45. The fraction of sp³-hybridized carbons (Fsp3) is 0.655. The van der Waals surface area contributed by atoms with Crippen molar-refractivity contribution < 1.29 is 23.4 Å². The Bertz CT molecular complexity index is 981. The standard InChI is InChI=1S/C29H41NO5/c1-20-11-13-23(14-12-20)26-30-25(21(2)34-26)19-32-24-10-8-9-22(17-24)18-33-29(15-6-7-16-29)27(31)35-28(3,4)5/h11-14,22,24H,6-10,15-19H2,1-5H3. The number of carbonyl (C=O) groups excluding carboxylic acids is 1. The van der Waals surface area contributed by atoms with Crippen LogP contribution < -0.4 is 0 Å². The van der Waals surface area contributed by atoms with Crippen LogP contribution in [-0.2, 0) is 25.6 Å². The summed E-state index contributed by atoms with van der Waals surface area (Å²) in [7, 11) is 0. The average molecular weight is 484 g/mol. The van der Waals surface area contributed by atoms with Gasteiger partial charge in [-0.2, -0.15) is 0 Å². The summed E-state index contributed by atoms with van der Waals surface area (Å²) in [6.07, 6.45) is 7.87. The molecule has 2 fully saturated rings. The predicted molar refractivity (Wildman–Crippen MR) is 135 cm³/mol. The normalized spacial score (nSPS) is 22.3. The fourth-order valence-electron chi connectivity index (χ4n) is 5.12. The summed E-state index contributed by atoms with van der Waals surface area (Å²) < 4.78 is 24.3. The van der Waals surface area contributed by atoms with Crippen molar-refractivity contribution in [3.05, 3.63) is 41.3 Å². The molecule has 0 N–H and O–H groups in total. The zero-order chi connectivity index (χ0) is 25.1. The summed E-state index contributed by atoms with van der Waals surface area (Å²) in [6, 6.07) is 8.19. The lowest BCUT2D eigenvalue weighted by molar-refractivity contribution is -0.186.